The largest absolute Gasteiger partial charge is 0.381 e. The molecular formula is C27H32F4N4O2. The Morgan fingerprint density at radius 1 is 1.05 bits per heavy atom. The van der Waals surface area contributed by atoms with E-state index in [-0.39, 0.29) is 16.7 Å². The van der Waals surface area contributed by atoms with Crippen LogP contribution >= 0.6 is 0 Å². The number of carbonyl (C=O) groups is 1. The maximum atomic E-state index is 13.8. The van der Waals surface area contributed by atoms with E-state index in [0.29, 0.717) is 31.8 Å². The van der Waals surface area contributed by atoms with Gasteiger partial charge in [-0.3, -0.25) is 4.79 Å². The summed E-state index contributed by atoms with van der Waals surface area (Å²) in [5.41, 5.74) is 4.38. The number of aromatic nitrogens is 3. The molecule has 0 radical (unpaired) electrons. The molecule has 3 aromatic rings. The van der Waals surface area contributed by atoms with Gasteiger partial charge in [0.1, 0.15) is 0 Å². The molecule has 5 rings (SSSR count). The standard InChI is InChI=1S/C26H31FN4O2.CHF3/c1-25(2,3)23-20(16-28-22-15-21(27)29-31(22)23)14-18-4-6-19(7-5-18)17-30-11-8-26(24(30)32)9-12-33-13-10-26;2-1(3)4/h4-7,15-16H,8-14,17H2,1-3H3;1H. The molecule has 0 aliphatic carbocycles. The van der Waals surface area contributed by atoms with E-state index in [2.05, 4.69) is 55.1 Å². The summed E-state index contributed by atoms with van der Waals surface area (Å²) in [5, 5.41) is 4.04. The highest BCUT2D eigenvalue weighted by molar-refractivity contribution is 5.85. The Kier molecular flexibility index (Phi) is 7.87. The summed E-state index contributed by atoms with van der Waals surface area (Å²) in [4.78, 5) is 19.5. The van der Waals surface area contributed by atoms with Crippen LogP contribution in [0.1, 0.15) is 62.4 Å². The number of ether oxygens (including phenoxy) is 1. The zero-order valence-corrected chi connectivity index (χ0v) is 21.3. The highest BCUT2D eigenvalue weighted by atomic mass is 19.4. The number of fused-ring (bicyclic) bond motifs is 1. The van der Waals surface area contributed by atoms with Gasteiger partial charge in [-0.05, 0) is 36.0 Å². The molecule has 0 atom stereocenters. The first-order chi connectivity index (χ1) is 17.5. The maximum absolute atomic E-state index is 13.8. The molecule has 2 aliphatic rings. The molecule has 2 saturated heterocycles. The smallest absolute Gasteiger partial charge is 0.379 e. The Bertz CT molecular complexity index is 1230. The number of rotatable bonds is 4. The van der Waals surface area contributed by atoms with Gasteiger partial charge >= 0.3 is 6.68 Å². The quantitative estimate of drug-likeness (QED) is 0.429. The van der Waals surface area contributed by atoms with Crippen molar-refractivity contribution in [3.63, 3.8) is 0 Å². The van der Waals surface area contributed by atoms with Gasteiger partial charge in [-0.1, -0.05) is 45.0 Å². The number of amides is 1. The average molecular weight is 521 g/mol. The van der Waals surface area contributed by atoms with Crippen LogP contribution < -0.4 is 0 Å². The molecule has 6 nitrogen and oxygen atoms in total. The van der Waals surface area contributed by atoms with Crippen LogP contribution in [0.15, 0.2) is 36.5 Å². The zero-order chi connectivity index (χ0) is 26.8. The first-order valence-electron chi connectivity index (χ1n) is 12.4. The molecule has 2 aliphatic heterocycles. The topological polar surface area (TPSA) is 59.7 Å². The van der Waals surface area contributed by atoms with Crippen molar-refractivity contribution < 1.29 is 27.1 Å². The van der Waals surface area contributed by atoms with E-state index in [4.69, 9.17) is 4.74 Å². The molecule has 2 fully saturated rings. The van der Waals surface area contributed by atoms with E-state index in [1.807, 2.05) is 11.1 Å². The number of hydrogen-bond donors (Lipinski definition) is 0. The summed E-state index contributed by atoms with van der Waals surface area (Å²) in [6.07, 6.45) is 5.14. The van der Waals surface area contributed by atoms with Gasteiger partial charge in [0.05, 0.1) is 11.1 Å². The van der Waals surface area contributed by atoms with Crippen LogP contribution in [0.3, 0.4) is 0 Å². The van der Waals surface area contributed by atoms with Crippen LogP contribution in [-0.4, -0.2) is 51.8 Å². The van der Waals surface area contributed by atoms with Crippen molar-refractivity contribution in [1.82, 2.24) is 19.5 Å². The van der Waals surface area contributed by atoms with Gasteiger partial charge in [0.2, 0.25) is 11.9 Å². The lowest BCUT2D eigenvalue weighted by atomic mass is 9.79. The fraction of sp³-hybridized carbons (Fsp3) is 0.519. The minimum Gasteiger partial charge on any atom is -0.381 e. The molecule has 1 spiro atoms. The minimum absolute atomic E-state index is 0.195. The lowest BCUT2D eigenvalue weighted by molar-refractivity contribution is -0.141. The third-order valence-electron chi connectivity index (χ3n) is 7.08. The second-order valence-electron chi connectivity index (χ2n) is 10.7. The number of benzene rings is 1. The van der Waals surface area contributed by atoms with Gasteiger partial charge in [0, 0.05) is 50.4 Å². The highest BCUT2D eigenvalue weighted by Crippen LogP contribution is 2.41. The lowest BCUT2D eigenvalue weighted by Crippen LogP contribution is -2.38. The number of hydrogen-bond acceptors (Lipinski definition) is 4. The molecule has 0 bridgehead atoms. The van der Waals surface area contributed by atoms with Crippen LogP contribution in [0.2, 0.25) is 0 Å². The first-order valence-corrected chi connectivity index (χ1v) is 12.4. The van der Waals surface area contributed by atoms with Crippen molar-refractivity contribution in [3.8, 4) is 0 Å². The number of alkyl halides is 3. The Balaban J connectivity index is 0.000000747. The molecule has 200 valence electrons. The summed E-state index contributed by atoms with van der Waals surface area (Å²) in [6, 6.07) is 9.79. The molecule has 37 heavy (non-hydrogen) atoms. The van der Waals surface area contributed by atoms with Crippen LogP contribution in [0, 0.1) is 11.4 Å². The Hall–Kier alpha value is -3.01. The van der Waals surface area contributed by atoms with Gasteiger partial charge < -0.3 is 9.64 Å². The van der Waals surface area contributed by atoms with E-state index >= 15 is 0 Å². The molecule has 0 unspecified atom stereocenters. The average Bonchev–Trinajstić information content (AvgIpc) is 3.34. The normalized spacial score (nSPS) is 17.5. The SMILES string of the molecule is CC(C)(C)c1c(Cc2ccc(CN3CCC4(CCOCC4)C3=O)cc2)cnc2cc(F)nn12.FC(F)F. The minimum atomic E-state index is -3.67. The van der Waals surface area contributed by atoms with Crippen molar-refractivity contribution in [2.24, 2.45) is 5.41 Å². The number of likely N-dealkylation sites (tertiary alicyclic amines) is 1. The molecule has 0 N–H and O–H groups in total. The van der Waals surface area contributed by atoms with E-state index in [1.165, 1.54) is 6.07 Å². The monoisotopic (exact) mass is 520 g/mol. The fourth-order valence-corrected chi connectivity index (χ4v) is 5.34. The van der Waals surface area contributed by atoms with Crippen LogP contribution in [-0.2, 0) is 27.9 Å². The third-order valence-corrected chi connectivity index (χ3v) is 7.08. The zero-order valence-electron chi connectivity index (χ0n) is 21.3. The molecular weight excluding hydrogens is 488 g/mol. The van der Waals surface area contributed by atoms with Crippen molar-refractivity contribution in [3.05, 3.63) is 64.9 Å². The maximum Gasteiger partial charge on any atom is 0.379 e. The van der Waals surface area contributed by atoms with Crippen molar-refractivity contribution >= 4 is 11.6 Å². The van der Waals surface area contributed by atoms with Gasteiger partial charge in [-0.15, -0.1) is 5.10 Å². The van der Waals surface area contributed by atoms with Crippen molar-refractivity contribution in [2.45, 2.75) is 65.1 Å². The second kappa shape index (κ2) is 10.8. The van der Waals surface area contributed by atoms with E-state index in [0.717, 1.165) is 48.2 Å². The molecule has 0 saturated carbocycles. The summed E-state index contributed by atoms with van der Waals surface area (Å²) in [6.45, 7) is 5.49. The van der Waals surface area contributed by atoms with E-state index in [1.54, 1.807) is 4.52 Å². The molecule has 1 amide bonds. The van der Waals surface area contributed by atoms with Crippen molar-refractivity contribution in [2.75, 3.05) is 19.8 Å². The Morgan fingerprint density at radius 3 is 2.30 bits per heavy atom. The predicted molar refractivity (Wildman–Crippen MR) is 131 cm³/mol. The van der Waals surface area contributed by atoms with Crippen molar-refractivity contribution in [1.29, 1.82) is 0 Å². The summed E-state index contributed by atoms with van der Waals surface area (Å²) >= 11 is 0. The molecule has 10 heteroatoms. The summed E-state index contributed by atoms with van der Waals surface area (Å²) in [7, 11) is 0. The third kappa shape index (κ3) is 6.11. The predicted octanol–water partition coefficient (Wildman–Crippen LogP) is 5.46. The summed E-state index contributed by atoms with van der Waals surface area (Å²) in [5.74, 6) is -0.232. The van der Waals surface area contributed by atoms with Crippen LogP contribution in [0.4, 0.5) is 17.6 Å². The van der Waals surface area contributed by atoms with E-state index < -0.39 is 12.6 Å². The van der Waals surface area contributed by atoms with Gasteiger partial charge in [-0.2, -0.15) is 17.6 Å². The highest BCUT2D eigenvalue weighted by Gasteiger charge is 2.47. The van der Waals surface area contributed by atoms with Gasteiger partial charge in [0.15, 0.2) is 5.65 Å². The Labute approximate surface area is 213 Å². The Morgan fingerprint density at radius 2 is 1.68 bits per heavy atom. The first kappa shape index (κ1) is 27.0. The lowest BCUT2D eigenvalue weighted by Gasteiger charge is -2.31. The number of carbonyl (C=O) groups excluding carboxylic acids is 1. The van der Waals surface area contributed by atoms with Gasteiger partial charge in [-0.25, -0.2) is 9.50 Å². The molecule has 2 aromatic heterocycles. The van der Waals surface area contributed by atoms with Crippen LogP contribution in [0.25, 0.3) is 5.65 Å². The van der Waals surface area contributed by atoms with E-state index in [9.17, 15) is 22.4 Å². The summed E-state index contributed by atoms with van der Waals surface area (Å²) < 4.78 is 49.9. The second-order valence-corrected chi connectivity index (χ2v) is 10.7. The van der Waals surface area contributed by atoms with Gasteiger partial charge in [0.25, 0.3) is 0 Å². The van der Waals surface area contributed by atoms with Crippen LogP contribution in [0.5, 0.6) is 0 Å². The molecule has 4 heterocycles. The number of nitrogens with zero attached hydrogens (tertiary/aromatic N) is 4. The molecule has 1 aromatic carbocycles. The number of halogens is 4. The fourth-order valence-electron chi connectivity index (χ4n) is 5.34.